The van der Waals surface area contributed by atoms with Crippen molar-refractivity contribution in [3.8, 4) is 0 Å². The molecule has 1 aromatic carbocycles. The van der Waals surface area contributed by atoms with Crippen molar-refractivity contribution in [2.45, 2.75) is 43.4 Å². The molecule has 2 N–H and O–H groups in total. The maximum Gasteiger partial charge on any atom is 0.398 e. The first-order valence-electron chi connectivity index (χ1n) is 6.52. The van der Waals surface area contributed by atoms with Crippen LogP contribution in [0.2, 0.25) is 0 Å². The zero-order chi connectivity index (χ0) is 15.2. The lowest BCUT2D eigenvalue weighted by atomic mass is 10.1. The average Bonchev–Trinajstić information content (AvgIpc) is 2.42. The van der Waals surface area contributed by atoms with Gasteiger partial charge in [0.05, 0.1) is 12.4 Å². The molecule has 0 amide bonds. The van der Waals surface area contributed by atoms with E-state index in [1.807, 2.05) is 26.0 Å². The van der Waals surface area contributed by atoms with Crippen molar-refractivity contribution in [1.82, 2.24) is 5.32 Å². The van der Waals surface area contributed by atoms with Crippen LogP contribution < -0.4 is 5.32 Å². The van der Waals surface area contributed by atoms with Crippen LogP contribution in [-0.2, 0) is 0 Å². The molecule has 1 aromatic rings. The van der Waals surface area contributed by atoms with E-state index in [-0.39, 0.29) is 18.7 Å². The second kappa shape index (κ2) is 7.90. The van der Waals surface area contributed by atoms with Crippen LogP contribution in [0.15, 0.2) is 29.2 Å². The number of alkyl halides is 3. The lowest BCUT2D eigenvalue weighted by molar-refractivity contribution is -0.105. The summed E-state index contributed by atoms with van der Waals surface area (Å²) in [5, 5.41) is 12.4. The first kappa shape index (κ1) is 17.3. The highest BCUT2D eigenvalue weighted by Crippen LogP contribution is 2.28. The van der Waals surface area contributed by atoms with Crippen LogP contribution in [-0.4, -0.2) is 29.7 Å². The summed E-state index contributed by atoms with van der Waals surface area (Å²) >= 11 is 0.785. The molecule has 20 heavy (non-hydrogen) atoms. The van der Waals surface area contributed by atoms with E-state index in [1.54, 1.807) is 12.1 Å². The average molecular weight is 307 g/mol. The van der Waals surface area contributed by atoms with E-state index in [4.69, 9.17) is 5.11 Å². The summed E-state index contributed by atoms with van der Waals surface area (Å²) in [6.07, 6.45) is -3.33. The van der Waals surface area contributed by atoms with Crippen LogP contribution >= 0.6 is 11.8 Å². The topological polar surface area (TPSA) is 32.3 Å². The van der Waals surface area contributed by atoms with Gasteiger partial charge in [-0.1, -0.05) is 19.1 Å². The molecule has 0 aliphatic carbocycles. The van der Waals surface area contributed by atoms with Gasteiger partial charge in [-0.2, -0.15) is 13.2 Å². The minimum Gasteiger partial charge on any atom is -0.395 e. The molecule has 2 nitrogen and oxygen atoms in total. The minimum atomic E-state index is -4.15. The smallest absolute Gasteiger partial charge is 0.395 e. The number of hydrogen-bond acceptors (Lipinski definition) is 3. The number of aliphatic hydroxyl groups is 1. The van der Waals surface area contributed by atoms with Gasteiger partial charge in [-0.05, 0) is 31.0 Å². The quantitative estimate of drug-likeness (QED) is 0.752. The van der Waals surface area contributed by atoms with Crippen molar-refractivity contribution >= 4 is 11.8 Å². The Balaban J connectivity index is 2.57. The molecule has 2 atom stereocenters. The van der Waals surface area contributed by atoms with Crippen LogP contribution in [0.3, 0.4) is 0 Å². The fraction of sp³-hybridized carbons (Fsp3) is 0.571. The maximum absolute atomic E-state index is 12.1. The van der Waals surface area contributed by atoms with E-state index in [1.165, 1.54) is 0 Å². The second-order valence-corrected chi connectivity index (χ2v) is 5.70. The summed E-state index contributed by atoms with van der Waals surface area (Å²) in [5.41, 5.74) is 0.994. The van der Waals surface area contributed by atoms with Gasteiger partial charge in [0.25, 0.3) is 0 Å². The van der Waals surface area contributed by atoms with E-state index in [0.717, 1.165) is 23.7 Å². The van der Waals surface area contributed by atoms with Gasteiger partial charge in [0.1, 0.15) is 0 Å². The normalized spacial score (nSPS) is 15.1. The van der Waals surface area contributed by atoms with Gasteiger partial charge in [0.15, 0.2) is 0 Å². The van der Waals surface area contributed by atoms with Crippen LogP contribution in [0.4, 0.5) is 13.2 Å². The lowest BCUT2D eigenvalue weighted by Crippen LogP contribution is -2.33. The Bertz CT molecular complexity index is 390. The van der Waals surface area contributed by atoms with Crippen LogP contribution in [0.25, 0.3) is 0 Å². The van der Waals surface area contributed by atoms with E-state index in [0.29, 0.717) is 4.90 Å². The Morgan fingerprint density at radius 2 is 1.85 bits per heavy atom. The van der Waals surface area contributed by atoms with Crippen molar-refractivity contribution in [2.24, 2.45) is 0 Å². The lowest BCUT2D eigenvalue weighted by Gasteiger charge is -2.21. The first-order chi connectivity index (χ1) is 9.35. The SMILES string of the molecule is CCC(CO)NC(C)c1ccc(SCC(F)(F)F)cc1. The van der Waals surface area contributed by atoms with Gasteiger partial charge in [-0.25, -0.2) is 0 Å². The monoisotopic (exact) mass is 307 g/mol. The summed E-state index contributed by atoms with van der Waals surface area (Å²) in [6, 6.07) is 7.12. The minimum absolute atomic E-state index is 0.0317. The predicted molar refractivity (Wildman–Crippen MR) is 75.9 cm³/mol. The Morgan fingerprint density at radius 1 is 1.25 bits per heavy atom. The van der Waals surface area contributed by atoms with Crippen molar-refractivity contribution in [3.63, 3.8) is 0 Å². The Kier molecular flexibility index (Phi) is 6.85. The Labute approximate surface area is 121 Å². The van der Waals surface area contributed by atoms with Gasteiger partial charge in [0.2, 0.25) is 0 Å². The maximum atomic E-state index is 12.1. The number of aliphatic hydroxyl groups excluding tert-OH is 1. The number of thioether (sulfide) groups is 1. The number of nitrogens with one attached hydrogen (secondary N) is 1. The molecule has 0 aromatic heterocycles. The van der Waals surface area contributed by atoms with E-state index in [2.05, 4.69) is 5.32 Å². The van der Waals surface area contributed by atoms with Crippen molar-refractivity contribution in [3.05, 3.63) is 29.8 Å². The predicted octanol–water partition coefficient (Wildman–Crippen LogP) is 3.76. The molecule has 0 saturated carbocycles. The van der Waals surface area contributed by atoms with E-state index < -0.39 is 11.9 Å². The molecule has 0 saturated heterocycles. The van der Waals surface area contributed by atoms with Crippen LogP contribution in [0, 0.1) is 0 Å². The third-order valence-corrected chi connectivity index (χ3v) is 4.06. The molecular formula is C14H20F3NOS. The largest absolute Gasteiger partial charge is 0.398 e. The summed E-state index contributed by atoms with van der Waals surface area (Å²) in [6.45, 7) is 4.02. The Morgan fingerprint density at radius 3 is 2.30 bits per heavy atom. The highest BCUT2D eigenvalue weighted by Gasteiger charge is 2.27. The molecule has 0 heterocycles. The molecule has 2 unspecified atom stereocenters. The number of rotatable bonds is 7. The summed E-state index contributed by atoms with van der Waals surface area (Å²) < 4.78 is 36.3. The summed E-state index contributed by atoms with van der Waals surface area (Å²) in [4.78, 5) is 0.604. The van der Waals surface area contributed by atoms with Gasteiger partial charge in [0, 0.05) is 17.0 Å². The molecule has 0 spiro atoms. The molecule has 0 bridgehead atoms. The third-order valence-electron chi connectivity index (χ3n) is 2.98. The van der Waals surface area contributed by atoms with Gasteiger partial charge in [-0.15, -0.1) is 11.8 Å². The molecular weight excluding hydrogens is 287 g/mol. The molecule has 0 fully saturated rings. The molecule has 0 radical (unpaired) electrons. The van der Waals surface area contributed by atoms with Crippen molar-refractivity contribution < 1.29 is 18.3 Å². The third kappa shape index (κ3) is 6.15. The van der Waals surface area contributed by atoms with E-state index in [9.17, 15) is 13.2 Å². The van der Waals surface area contributed by atoms with Gasteiger partial charge >= 0.3 is 6.18 Å². The van der Waals surface area contributed by atoms with Crippen LogP contribution in [0.5, 0.6) is 0 Å². The number of halogens is 3. The standard InChI is InChI=1S/C14H20F3NOS/c1-3-12(8-19)18-10(2)11-4-6-13(7-5-11)20-9-14(15,16)17/h4-7,10,12,18-19H,3,8-9H2,1-2H3. The zero-order valence-corrected chi connectivity index (χ0v) is 12.4. The highest BCUT2D eigenvalue weighted by molar-refractivity contribution is 7.99. The number of benzene rings is 1. The molecule has 0 aliphatic rings. The van der Waals surface area contributed by atoms with Crippen LogP contribution in [0.1, 0.15) is 31.9 Å². The number of hydrogen-bond donors (Lipinski definition) is 2. The summed E-state index contributed by atoms with van der Waals surface area (Å²) in [7, 11) is 0. The Hall–Kier alpha value is -0.720. The summed E-state index contributed by atoms with van der Waals surface area (Å²) in [5.74, 6) is -0.872. The molecule has 0 aliphatic heterocycles. The molecule has 1 rings (SSSR count). The van der Waals surface area contributed by atoms with Crippen molar-refractivity contribution in [1.29, 1.82) is 0 Å². The zero-order valence-electron chi connectivity index (χ0n) is 11.6. The fourth-order valence-electron chi connectivity index (χ4n) is 1.77. The fourth-order valence-corrected chi connectivity index (χ4v) is 2.43. The second-order valence-electron chi connectivity index (χ2n) is 4.65. The van der Waals surface area contributed by atoms with Crippen molar-refractivity contribution in [2.75, 3.05) is 12.4 Å². The van der Waals surface area contributed by atoms with Gasteiger partial charge < -0.3 is 10.4 Å². The van der Waals surface area contributed by atoms with E-state index >= 15 is 0 Å². The van der Waals surface area contributed by atoms with Gasteiger partial charge in [-0.3, -0.25) is 0 Å². The highest BCUT2D eigenvalue weighted by atomic mass is 32.2. The molecule has 6 heteroatoms. The molecule has 114 valence electrons. The first-order valence-corrected chi connectivity index (χ1v) is 7.50.